The molecule has 1 atom stereocenters. The quantitative estimate of drug-likeness (QED) is 0.422. The Kier molecular flexibility index (Phi) is 6.43. The van der Waals surface area contributed by atoms with E-state index in [4.69, 9.17) is 16.3 Å². The molecule has 0 radical (unpaired) electrons. The van der Waals surface area contributed by atoms with Crippen LogP contribution < -0.4 is 4.90 Å². The third kappa shape index (κ3) is 5.04. The predicted molar refractivity (Wildman–Crippen MR) is 120 cm³/mol. The highest BCUT2D eigenvalue weighted by Gasteiger charge is 2.32. The highest BCUT2D eigenvalue weighted by molar-refractivity contribution is 9.10. The fourth-order valence-electron chi connectivity index (χ4n) is 3.29. The van der Waals surface area contributed by atoms with Crippen LogP contribution in [0.2, 0.25) is 5.02 Å². The fraction of sp³-hybridized carbons (Fsp3) is 0.526. The lowest BCUT2D eigenvalue weighted by Gasteiger charge is -2.41. The van der Waals surface area contributed by atoms with Crippen LogP contribution in [0.5, 0.6) is 0 Å². The lowest BCUT2D eigenvalue weighted by atomic mass is 10.1. The number of carbonyl (C=O) groups excluding carboxylic acids is 1. The first-order valence-electron chi connectivity index (χ1n) is 9.49. The van der Waals surface area contributed by atoms with E-state index >= 15 is 0 Å². The highest BCUT2D eigenvalue weighted by Crippen LogP contribution is 2.36. The molecule has 3 rings (SSSR count). The van der Waals surface area contributed by atoms with Crippen molar-refractivity contribution in [1.82, 2.24) is 14.9 Å². The van der Waals surface area contributed by atoms with Gasteiger partial charge in [-0.1, -0.05) is 11.6 Å². The average Bonchev–Trinajstić information content (AvgIpc) is 2.63. The number of halogens is 3. The summed E-state index contributed by atoms with van der Waals surface area (Å²) in [4.78, 5) is 24.0. The summed E-state index contributed by atoms with van der Waals surface area (Å²) in [7, 11) is -3.81. The second kappa shape index (κ2) is 8.32. The number of anilines is 1. The van der Waals surface area contributed by atoms with Gasteiger partial charge >= 0.3 is 6.09 Å². The van der Waals surface area contributed by atoms with Crippen molar-refractivity contribution < 1.29 is 22.3 Å². The maximum absolute atomic E-state index is 14.9. The van der Waals surface area contributed by atoms with E-state index in [0.29, 0.717) is 19.6 Å². The van der Waals surface area contributed by atoms with E-state index < -0.39 is 32.5 Å². The average molecular weight is 538 g/mol. The Hall–Kier alpha value is -1.72. The molecule has 8 nitrogen and oxygen atoms in total. The number of ether oxygens (including phenoxy) is 1. The molecular weight excluding hydrogens is 515 g/mol. The van der Waals surface area contributed by atoms with Gasteiger partial charge < -0.3 is 14.5 Å². The van der Waals surface area contributed by atoms with Gasteiger partial charge in [-0.25, -0.2) is 27.6 Å². The number of carbonyl (C=O) groups is 1. The van der Waals surface area contributed by atoms with Gasteiger partial charge in [0.2, 0.25) is 15.0 Å². The van der Waals surface area contributed by atoms with Crippen LogP contribution in [0.3, 0.4) is 0 Å². The van der Waals surface area contributed by atoms with Crippen LogP contribution in [-0.2, 0) is 14.6 Å². The van der Waals surface area contributed by atoms with Crippen molar-refractivity contribution in [3.05, 3.63) is 21.4 Å². The molecule has 0 aliphatic carbocycles. The smallest absolute Gasteiger partial charge is 0.410 e. The summed E-state index contributed by atoms with van der Waals surface area (Å²) in [5.74, 6) is -0.522. The van der Waals surface area contributed by atoms with Crippen molar-refractivity contribution in [1.29, 1.82) is 0 Å². The zero-order valence-corrected chi connectivity index (χ0v) is 20.9. The van der Waals surface area contributed by atoms with Crippen LogP contribution >= 0.6 is 27.5 Å². The summed E-state index contributed by atoms with van der Waals surface area (Å²) >= 11 is 9.21. The summed E-state index contributed by atoms with van der Waals surface area (Å²) in [5.41, 5.74) is -0.768. The number of rotatable bonds is 2. The van der Waals surface area contributed by atoms with E-state index in [-0.39, 0.29) is 32.3 Å². The van der Waals surface area contributed by atoms with Gasteiger partial charge in [0.25, 0.3) is 0 Å². The SMILES string of the molecule is C[C@H]1CN(C(=O)OC(C)(C)C)CCN1c1nc(S(C)(=O)=O)nc2c(F)c(Br)c(Cl)cc12. The molecule has 0 spiro atoms. The largest absolute Gasteiger partial charge is 0.444 e. The van der Waals surface area contributed by atoms with Crippen molar-refractivity contribution in [2.24, 2.45) is 0 Å². The standard InChI is InChI=1S/C19H23BrClFN4O4S/c1-10-9-25(18(27)30-19(2,3)4)6-7-26(10)16-11-8-12(21)13(20)14(22)15(11)23-17(24-16)31(5,28)29/h8,10H,6-7,9H2,1-5H3/t10-/m0/s1. The number of hydrogen-bond acceptors (Lipinski definition) is 7. The molecule has 2 heterocycles. The molecule has 170 valence electrons. The minimum absolute atomic E-state index is 0.00596. The Morgan fingerprint density at radius 3 is 2.52 bits per heavy atom. The highest BCUT2D eigenvalue weighted by atomic mass is 79.9. The molecule has 1 amide bonds. The van der Waals surface area contributed by atoms with Gasteiger partial charge in [0.15, 0.2) is 5.82 Å². The first-order valence-corrected chi connectivity index (χ1v) is 12.5. The predicted octanol–water partition coefficient (Wildman–Crippen LogP) is 4.03. The Morgan fingerprint density at radius 1 is 1.32 bits per heavy atom. The van der Waals surface area contributed by atoms with E-state index in [0.717, 1.165) is 6.26 Å². The van der Waals surface area contributed by atoms with E-state index in [1.54, 1.807) is 25.7 Å². The number of sulfone groups is 1. The van der Waals surface area contributed by atoms with Crippen LogP contribution in [0.4, 0.5) is 15.0 Å². The molecule has 0 saturated carbocycles. The van der Waals surface area contributed by atoms with Crippen molar-refractivity contribution in [2.45, 2.75) is 44.5 Å². The van der Waals surface area contributed by atoms with E-state index in [2.05, 4.69) is 25.9 Å². The Bertz CT molecular complexity index is 1160. The third-order valence-corrected chi connectivity index (χ3v) is 6.82. The number of fused-ring (bicyclic) bond motifs is 1. The molecule has 1 aliphatic rings. The maximum atomic E-state index is 14.9. The van der Waals surface area contributed by atoms with Crippen LogP contribution in [0.25, 0.3) is 10.9 Å². The molecule has 12 heteroatoms. The Balaban J connectivity index is 2.05. The molecule has 1 aromatic carbocycles. The molecule has 1 fully saturated rings. The lowest BCUT2D eigenvalue weighted by Crippen LogP contribution is -2.55. The summed E-state index contributed by atoms with van der Waals surface area (Å²) in [6.45, 7) is 8.22. The lowest BCUT2D eigenvalue weighted by molar-refractivity contribution is 0.0218. The Morgan fingerprint density at radius 2 is 1.97 bits per heavy atom. The van der Waals surface area contributed by atoms with Gasteiger partial charge in [0.05, 0.1) is 9.50 Å². The van der Waals surface area contributed by atoms with Crippen molar-refractivity contribution >= 4 is 60.2 Å². The van der Waals surface area contributed by atoms with Gasteiger partial charge in [0.1, 0.15) is 16.9 Å². The fourth-order valence-corrected chi connectivity index (χ4v) is 4.29. The van der Waals surface area contributed by atoms with Gasteiger partial charge in [0, 0.05) is 37.3 Å². The minimum atomic E-state index is -3.81. The number of piperazine rings is 1. The summed E-state index contributed by atoms with van der Waals surface area (Å²) in [5, 5.41) is -0.0810. The van der Waals surface area contributed by atoms with E-state index in [1.165, 1.54) is 6.07 Å². The number of aromatic nitrogens is 2. The summed E-state index contributed by atoms with van der Waals surface area (Å²) in [6.07, 6.45) is 0.534. The van der Waals surface area contributed by atoms with Crippen molar-refractivity contribution in [3.63, 3.8) is 0 Å². The molecule has 31 heavy (non-hydrogen) atoms. The second-order valence-electron chi connectivity index (χ2n) is 8.45. The third-order valence-electron chi connectivity index (χ3n) is 4.67. The zero-order valence-electron chi connectivity index (χ0n) is 17.7. The molecule has 1 aliphatic heterocycles. The maximum Gasteiger partial charge on any atom is 0.410 e. The molecule has 1 saturated heterocycles. The molecular formula is C19H23BrClFN4O4S. The molecule has 0 N–H and O–H groups in total. The summed E-state index contributed by atoms with van der Waals surface area (Å²) < 4.78 is 44.6. The second-order valence-corrected chi connectivity index (χ2v) is 11.6. The van der Waals surface area contributed by atoms with Gasteiger partial charge in [-0.3, -0.25) is 0 Å². The number of hydrogen-bond donors (Lipinski definition) is 0. The molecule has 1 aromatic heterocycles. The molecule has 0 unspecified atom stereocenters. The molecule has 2 aromatic rings. The number of benzene rings is 1. The van der Waals surface area contributed by atoms with Gasteiger partial charge in [-0.2, -0.15) is 0 Å². The van der Waals surface area contributed by atoms with Crippen LogP contribution in [0.15, 0.2) is 15.7 Å². The normalized spacial score (nSPS) is 17.9. The Labute approximate surface area is 193 Å². The number of amides is 1. The first kappa shape index (κ1) is 23.9. The zero-order chi connectivity index (χ0) is 23.3. The monoisotopic (exact) mass is 536 g/mol. The van der Waals surface area contributed by atoms with Gasteiger partial charge in [-0.15, -0.1) is 0 Å². The van der Waals surface area contributed by atoms with Crippen molar-refractivity contribution in [3.8, 4) is 0 Å². The topological polar surface area (TPSA) is 92.7 Å². The number of nitrogens with zero attached hydrogens (tertiary/aromatic N) is 4. The van der Waals surface area contributed by atoms with Crippen LogP contribution in [0, 0.1) is 5.82 Å². The van der Waals surface area contributed by atoms with Crippen LogP contribution in [-0.4, -0.2) is 66.9 Å². The summed E-state index contributed by atoms with van der Waals surface area (Å²) in [6, 6.07) is 1.25. The first-order chi connectivity index (χ1) is 14.2. The minimum Gasteiger partial charge on any atom is -0.444 e. The van der Waals surface area contributed by atoms with E-state index in [1.807, 2.05) is 11.8 Å². The van der Waals surface area contributed by atoms with E-state index in [9.17, 15) is 17.6 Å². The van der Waals surface area contributed by atoms with Gasteiger partial charge in [-0.05, 0) is 49.7 Å². The van der Waals surface area contributed by atoms with Crippen LogP contribution in [0.1, 0.15) is 27.7 Å². The molecule has 0 bridgehead atoms. The van der Waals surface area contributed by atoms with Crippen molar-refractivity contribution in [2.75, 3.05) is 30.8 Å².